The Morgan fingerprint density at radius 2 is 2.08 bits per heavy atom. The Balaban J connectivity index is 2.34. The molecule has 1 rings (SSSR count). The highest BCUT2D eigenvalue weighted by atomic mass is 16.6. The summed E-state index contributed by atoms with van der Waals surface area (Å²) in [5, 5.41) is 0. The minimum absolute atomic E-state index is 0.0277. The first-order valence-corrected chi connectivity index (χ1v) is 9.62. The van der Waals surface area contributed by atoms with Gasteiger partial charge in [0.15, 0.2) is 5.78 Å². The molecule has 0 saturated carbocycles. The van der Waals surface area contributed by atoms with Gasteiger partial charge in [0.1, 0.15) is 6.61 Å². The van der Waals surface area contributed by atoms with Crippen molar-refractivity contribution in [2.75, 3.05) is 26.4 Å². The smallest absolute Gasteiger partial charge is 0.332 e. The Bertz CT molecular complexity index is 510. The van der Waals surface area contributed by atoms with Crippen molar-refractivity contribution in [3.63, 3.8) is 0 Å². The molecule has 0 aromatic heterocycles. The normalized spacial score (nSPS) is 17.5. The summed E-state index contributed by atoms with van der Waals surface area (Å²) in [6.07, 6.45) is 13.4. The van der Waals surface area contributed by atoms with E-state index in [-0.39, 0.29) is 24.4 Å². The molecule has 146 valence electrons. The van der Waals surface area contributed by atoms with E-state index in [9.17, 15) is 9.59 Å². The van der Waals surface area contributed by atoms with Gasteiger partial charge in [0, 0.05) is 24.7 Å². The SMILES string of the molecule is C=C1CC[C@H](/C=C/C(=O)CCCCC)N1C/C=C\COCC(=O)OCC. The van der Waals surface area contributed by atoms with Gasteiger partial charge in [0.2, 0.25) is 0 Å². The molecule has 26 heavy (non-hydrogen) atoms. The molecule has 0 N–H and O–H groups in total. The Kier molecular flexibility index (Phi) is 11.4. The largest absolute Gasteiger partial charge is 0.464 e. The van der Waals surface area contributed by atoms with Crippen LogP contribution in [-0.4, -0.2) is 49.1 Å². The lowest BCUT2D eigenvalue weighted by atomic mass is 10.1. The Morgan fingerprint density at radius 1 is 1.27 bits per heavy atom. The fourth-order valence-electron chi connectivity index (χ4n) is 2.83. The van der Waals surface area contributed by atoms with Crippen LogP contribution in [0.5, 0.6) is 0 Å². The molecule has 1 aliphatic heterocycles. The summed E-state index contributed by atoms with van der Waals surface area (Å²) in [5.41, 5.74) is 1.09. The second-order valence-corrected chi connectivity index (χ2v) is 6.40. The van der Waals surface area contributed by atoms with E-state index in [0.717, 1.165) is 44.3 Å². The molecule has 1 atom stereocenters. The van der Waals surface area contributed by atoms with Crippen molar-refractivity contribution in [2.45, 2.75) is 58.4 Å². The van der Waals surface area contributed by atoms with E-state index in [0.29, 0.717) is 19.6 Å². The maximum absolute atomic E-state index is 11.9. The van der Waals surface area contributed by atoms with Gasteiger partial charge in [-0.2, -0.15) is 0 Å². The third-order valence-electron chi connectivity index (χ3n) is 4.27. The zero-order chi connectivity index (χ0) is 19.2. The number of allylic oxidation sites excluding steroid dienone is 2. The maximum Gasteiger partial charge on any atom is 0.332 e. The molecule has 0 amide bonds. The molecule has 1 heterocycles. The van der Waals surface area contributed by atoms with Crippen molar-refractivity contribution in [2.24, 2.45) is 0 Å². The predicted octanol–water partition coefficient (Wildman–Crippen LogP) is 3.81. The van der Waals surface area contributed by atoms with Crippen LogP contribution in [-0.2, 0) is 19.1 Å². The number of esters is 1. The average molecular weight is 363 g/mol. The summed E-state index contributed by atoms with van der Waals surface area (Å²) >= 11 is 0. The van der Waals surface area contributed by atoms with E-state index >= 15 is 0 Å². The molecule has 0 bridgehead atoms. The number of ether oxygens (including phenoxy) is 2. The van der Waals surface area contributed by atoms with Gasteiger partial charge in [-0.1, -0.05) is 44.6 Å². The predicted molar refractivity (Wildman–Crippen MR) is 104 cm³/mol. The number of nitrogens with zero attached hydrogens (tertiary/aromatic N) is 1. The zero-order valence-corrected chi connectivity index (χ0v) is 16.2. The lowest BCUT2D eigenvalue weighted by molar-refractivity contribution is -0.147. The topological polar surface area (TPSA) is 55.8 Å². The first-order valence-electron chi connectivity index (χ1n) is 9.62. The van der Waals surface area contributed by atoms with E-state index in [1.807, 2.05) is 18.2 Å². The molecule has 1 aliphatic rings. The molecule has 1 saturated heterocycles. The van der Waals surface area contributed by atoms with Crippen molar-refractivity contribution in [3.8, 4) is 0 Å². The summed E-state index contributed by atoms with van der Waals surface area (Å²) in [6, 6.07) is 0.225. The fourth-order valence-corrected chi connectivity index (χ4v) is 2.83. The number of likely N-dealkylation sites (tertiary alicyclic amines) is 1. The van der Waals surface area contributed by atoms with Crippen molar-refractivity contribution >= 4 is 11.8 Å². The number of rotatable bonds is 13. The highest BCUT2D eigenvalue weighted by molar-refractivity contribution is 5.89. The van der Waals surface area contributed by atoms with Gasteiger partial charge in [-0.25, -0.2) is 4.79 Å². The minimum Gasteiger partial charge on any atom is -0.464 e. The van der Waals surface area contributed by atoms with E-state index < -0.39 is 0 Å². The fraction of sp³-hybridized carbons (Fsp3) is 0.619. The lowest BCUT2D eigenvalue weighted by Gasteiger charge is -2.23. The van der Waals surface area contributed by atoms with Crippen molar-refractivity contribution in [3.05, 3.63) is 36.6 Å². The Labute approximate surface area is 157 Å². The molecule has 5 heteroatoms. The number of carbonyl (C=O) groups excluding carboxylic acids is 2. The zero-order valence-electron chi connectivity index (χ0n) is 16.2. The van der Waals surface area contributed by atoms with Crippen molar-refractivity contribution in [1.29, 1.82) is 0 Å². The average Bonchev–Trinajstić information content (AvgIpc) is 2.96. The Morgan fingerprint density at radius 3 is 2.81 bits per heavy atom. The van der Waals surface area contributed by atoms with Gasteiger partial charge >= 0.3 is 5.97 Å². The van der Waals surface area contributed by atoms with Gasteiger partial charge in [-0.05, 0) is 32.3 Å². The van der Waals surface area contributed by atoms with Gasteiger partial charge in [-0.15, -0.1) is 0 Å². The second-order valence-electron chi connectivity index (χ2n) is 6.40. The highest BCUT2D eigenvalue weighted by Crippen LogP contribution is 2.26. The third kappa shape index (κ3) is 8.99. The number of unbranched alkanes of at least 4 members (excludes halogenated alkanes) is 2. The maximum atomic E-state index is 11.9. The first kappa shape index (κ1) is 22.2. The summed E-state index contributed by atoms with van der Waals surface area (Å²) in [5.74, 6) is -0.138. The third-order valence-corrected chi connectivity index (χ3v) is 4.27. The first-order chi connectivity index (χ1) is 12.6. The van der Waals surface area contributed by atoms with Crippen LogP contribution >= 0.6 is 0 Å². The van der Waals surface area contributed by atoms with E-state index in [1.165, 1.54) is 0 Å². The molecule has 0 aliphatic carbocycles. The van der Waals surface area contributed by atoms with Gasteiger partial charge in [0.05, 0.1) is 13.2 Å². The quantitative estimate of drug-likeness (QED) is 0.216. The van der Waals surface area contributed by atoms with E-state index in [1.54, 1.807) is 13.0 Å². The molecule has 0 spiro atoms. The summed E-state index contributed by atoms with van der Waals surface area (Å²) < 4.78 is 10.0. The van der Waals surface area contributed by atoms with Crippen LogP contribution in [0.3, 0.4) is 0 Å². The van der Waals surface area contributed by atoms with Crippen LogP contribution in [0.2, 0.25) is 0 Å². The summed E-state index contributed by atoms with van der Waals surface area (Å²) in [4.78, 5) is 25.3. The second kappa shape index (κ2) is 13.3. The van der Waals surface area contributed by atoms with Crippen LogP contribution in [0.4, 0.5) is 0 Å². The van der Waals surface area contributed by atoms with Gasteiger partial charge < -0.3 is 14.4 Å². The van der Waals surface area contributed by atoms with Gasteiger partial charge in [-0.3, -0.25) is 4.79 Å². The lowest BCUT2D eigenvalue weighted by Crippen LogP contribution is -2.26. The number of carbonyl (C=O) groups is 2. The van der Waals surface area contributed by atoms with Crippen LogP contribution < -0.4 is 0 Å². The summed E-state index contributed by atoms with van der Waals surface area (Å²) in [7, 11) is 0. The van der Waals surface area contributed by atoms with Crippen LogP contribution in [0.25, 0.3) is 0 Å². The molecule has 0 unspecified atom stereocenters. The molecule has 1 fully saturated rings. The molecule has 0 radical (unpaired) electrons. The van der Waals surface area contributed by atoms with Crippen LogP contribution in [0.15, 0.2) is 36.6 Å². The van der Waals surface area contributed by atoms with Gasteiger partial charge in [0.25, 0.3) is 0 Å². The van der Waals surface area contributed by atoms with Crippen molar-refractivity contribution in [1.82, 2.24) is 4.90 Å². The molecule has 0 aromatic carbocycles. The standard InChI is InChI=1S/C21H33NO4/c1-4-6-7-10-20(23)14-13-19-12-11-18(3)22(19)15-8-9-16-25-17-21(24)26-5-2/h8-9,13-14,19H,3-7,10-12,15-17H2,1-2H3/b9-8-,14-13+/t19-/m1/s1. The molecular formula is C21H33NO4. The number of ketones is 1. The monoisotopic (exact) mass is 363 g/mol. The van der Waals surface area contributed by atoms with Crippen LogP contribution in [0, 0.1) is 0 Å². The number of hydrogen-bond acceptors (Lipinski definition) is 5. The van der Waals surface area contributed by atoms with Crippen LogP contribution in [0.1, 0.15) is 52.4 Å². The highest BCUT2D eigenvalue weighted by Gasteiger charge is 2.23. The number of hydrogen-bond donors (Lipinski definition) is 0. The van der Waals surface area contributed by atoms with E-state index in [4.69, 9.17) is 9.47 Å². The molecular weight excluding hydrogens is 330 g/mol. The molecule has 0 aromatic rings. The summed E-state index contributed by atoms with van der Waals surface area (Å²) in [6.45, 7) is 9.45. The Hall–Kier alpha value is -1.88. The van der Waals surface area contributed by atoms with E-state index in [2.05, 4.69) is 18.4 Å². The van der Waals surface area contributed by atoms with Crippen molar-refractivity contribution < 1.29 is 19.1 Å². The minimum atomic E-state index is -0.345. The molecule has 5 nitrogen and oxygen atoms in total.